The molecule has 0 aliphatic heterocycles. The molecule has 0 saturated carbocycles. The Labute approximate surface area is 97.9 Å². The number of hydrogen-bond acceptors (Lipinski definition) is 4. The summed E-state index contributed by atoms with van der Waals surface area (Å²) in [6, 6.07) is 9.47. The van der Waals surface area contributed by atoms with Crippen molar-refractivity contribution in [1.29, 1.82) is 0 Å². The van der Waals surface area contributed by atoms with Gasteiger partial charge in [-0.25, -0.2) is 9.97 Å². The third-order valence-corrected chi connectivity index (χ3v) is 2.35. The van der Waals surface area contributed by atoms with Gasteiger partial charge >= 0.3 is 0 Å². The maximum absolute atomic E-state index is 5.52. The van der Waals surface area contributed by atoms with E-state index >= 15 is 0 Å². The number of furan rings is 1. The number of hydrogen-bond donors (Lipinski definition) is 0. The normalized spacial score (nSPS) is 10.6. The van der Waals surface area contributed by atoms with Crippen LogP contribution in [0.15, 0.2) is 47.1 Å². The molecule has 4 nitrogen and oxygen atoms in total. The first-order valence-electron chi connectivity index (χ1n) is 5.21. The smallest absolute Gasteiger partial charge is 0.293 e. The molecule has 83 valence electrons. The first-order chi connectivity index (χ1) is 8.43. The third kappa shape index (κ3) is 1.97. The number of fused-ring (bicyclic) bond motifs is 1. The van der Waals surface area contributed by atoms with Crippen molar-refractivity contribution in [2.75, 3.05) is 0 Å². The summed E-state index contributed by atoms with van der Waals surface area (Å²) < 4.78 is 10.8. The number of ether oxygens (including phenoxy) is 1. The molecule has 0 saturated heterocycles. The summed E-state index contributed by atoms with van der Waals surface area (Å²) in [5.41, 5.74) is 0. The van der Waals surface area contributed by atoms with Crippen LogP contribution in [0.3, 0.4) is 0 Å². The Morgan fingerprint density at radius 2 is 1.94 bits per heavy atom. The van der Waals surface area contributed by atoms with Crippen molar-refractivity contribution in [3.05, 3.63) is 54.8 Å². The Morgan fingerprint density at radius 3 is 2.82 bits per heavy atom. The summed E-state index contributed by atoms with van der Waals surface area (Å²) in [6.07, 6.45) is 6.14. The van der Waals surface area contributed by atoms with E-state index in [2.05, 4.69) is 16.2 Å². The molecule has 4 heteroatoms. The number of rotatable bonds is 3. The zero-order chi connectivity index (χ0) is 11.5. The van der Waals surface area contributed by atoms with Crippen molar-refractivity contribution in [3.63, 3.8) is 0 Å². The van der Waals surface area contributed by atoms with Gasteiger partial charge in [0.15, 0.2) is 18.7 Å². The van der Waals surface area contributed by atoms with Gasteiger partial charge < -0.3 is 9.15 Å². The van der Waals surface area contributed by atoms with Crippen LogP contribution in [0, 0.1) is 6.26 Å². The molecule has 0 unspecified atom stereocenters. The van der Waals surface area contributed by atoms with Crippen LogP contribution in [-0.4, -0.2) is 9.97 Å². The molecule has 0 aliphatic rings. The number of benzene rings is 1. The van der Waals surface area contributed by atoms with Gasteiger partial charge in [-0.05, 0) is 12.1 Å². The van der Waals surface area contributed by atoms with Gasteiger partial charge in [-0.15, -0.1) is 0 Å². The molecule has 1 aromatic carbocycles. The van der Waals surface area contributed by atoms with Gasteiger partial charge in [-0.3, -0.25) is 0 Å². The monoisotopic (exact) mass is 225 g/mol. The van der Waals surface area contributed by atoms with Crippen molar-refractivity contribution in [3.8, 4) is 5.95 Å². The molecule has 1 radical (unpaired) electrons. The van der Waals surface area contributed by atoms with Crippen molar-refractivity contribution in [2.24, 2.45) is 0 Å². The molecule has 0 N–H and O–H groups in total. The first kappa shape index (κ1) is 9.84. The molecule has 2 heterocycles. The van der Waals surface area contributed by atoms with Crippen molar-refractivity contribution in [2.45, 2.75) is 6.61 Å². The average molecular weight is 225 g/mol. The van der Waals surface area contributed by atoms with Crippen molar-refractivity contribution >= 4 is 10.8 Å². The standard InChI is InChI=1S/C13H9N2O2/c1-2-5-11-10(4-1)8-16-13(11)17-9-12-14-6-3-7-15-12/h1-7H,9H2. The molecule has 3 rings (SSSR count). The second kappa shape index (κ2) is 4.25. The van der Waals surface area contributed by atoms with E-state index in [0.717, 1.165) is 10.8 Å². The summed E-state index contributed by atoms with van der Waals surface area (Å²) >= 11 is 0. The highest BCUT2D eigenvalue weighted by Crippen LogP contribution is 2.27. The molecule has 0 aliphatic carbocycles. The Morgan fingerprint density at radius 1 is 1.12 bits per heavy atom. The van der Waals surface area contributed by atoms with Gasteiger partial charge in [0, 0.05) is 17.8 Å². The second-order valence-corrected chi connectivity index (χ2v) is 3.49. The summed E-state index contributed by atoms with van der Waals surface area (Å²) in [5, 5.41) is 1.81. The lowest BCUT2D eigenvalue weighted by Gasteiger charge is -2.01. The molecule has 17 heavy (non-hydrogen) atoms. The third-order valence-electron chi connectivity index (χ3n) is 2.35. The van der Waals surface area contributed by atoms with Gasteiger partial charge in [-0.2, -0.15) is 0 Å². The van der Waals surface area contributed by atoms with Gasteiger partial charge in [0.1, 0.15) is 0 Å². The van der Waals surface area contributed by atoms with Gasteiger partial charge in [-0.1, -0.05) is 18.2 Å². The van der Waals surface area contributed by atoms with Crippen LogP contribution in [0.4, 0.5) is 0 Å². The van der Waals surface area contributed by atoms with Crippen molar-refractivity contribution < 1.29 is 9.15 Å². The lowest BCUT2D eigenvalue weighted by Crippen LogP contribution is -1.99. The highest BCUT2D eigenvalue weighted by atomic mass is 16.6. The minimum atomic E-state index is 0.284. The van der Waals surface area contributed by atoms with Crippen LogP contribution in [0.5, 0.6) is 5.95 Å². The van der Waals surface area contributed by atoms with E-state index in [4.69, 9.17) is 9.15 Å². The SMILES string of the molecule is [c]1oc(OCc2ncccn2)c2ccccc12. The molecule has 0 amide bonds. The van der Waals surface area contributed by atoms with E-state index in [0.29, 0.717) is 11.8 Å². The molecule has 0 fully saturated rings. The quantitative estimate of drug-likeness (QED) is 0.687. The summed E-state index contributed by atoms with van der Waals surface area (Å²) in [4.78, 5) is 8.14. The predicted octanol–water partition coefficient (Wildman–Crippen LogP) is 2.60. The Balaban J connectivity index is 1.82. The minimum Gasteiger partial charge on any atom is -0.456 e. The number of nitrogens with zero attached hydrogens (tertiary/aromatic N) is 2. The van der Waals surface area contributed by atoms with Gasteiger partial charge in [0.25, 0.3) is 5.95 Å². The van der Waals surface area contributed by atoms with E-state index in [9.17, 15) is 0 Å². The predicted molar refractivity (Wildman–Crippen MR) is 61.4 cm³/mol. The second-order valence-electron chi connectivity index (χ2n) is 3.49. The summed E-state index contributed by atoms with van der Waals surface area (Å²) in [6.45, 7) is 0.284. The topological polar surface area (TPSA) is 48.2 Å². The van der Waals surface area contributed by atoms with E-state index in [1.807, 2.05) is 24.3 Å². The first-order valence-corrected chi connectivity index (χ1v) is 5.21. The van der Waals surface area contributed by atoms with Gasteiger partial charge in [0.05, 0.1) is 5.39 Å². The Kier molecular flexibility index (Phi) is 2.46. The van der Waals surface area contributed by atoms with Crippen molar-refractivity contribution in [1.82, 2.24) is 9.97 Å². The summed E-state index contributed by atoms with van der Waals surface area (Å²) in [5.74, 6) is 1.07. The zero-order valence-electron chi connectivity index (χ0n) is 8.96. The van der Waals surface area contributed by atoms with E-state index in [-0.39, 0.29) is 6.61 Å². The molecule has 0 atom stereocenters. The molecule has 0 bridgehead atoms. The highest BCUT2D eigenvalue weighted by Gasteiger charge is 2.07. The molecule has 3 aromatic rings. The largest absolute Gasteiger partial charge is 0.456 e. The van der Waals surface area contributed by atoms with E-state index in [1.165, 1.54) is 0 Å². The van der Waals surface area contributed by atoms with Crippen LogP contribution in [0.2, 0.25) is 0 Å². The van der Waals surface area contributed by atoms with Crippen LogP contribution in [0.25, 0.3) is 10.8 Å². The molecule has 0 spiro atoms. The lowest BCUT2D eigenvalue weighted by atomic mass is 10.2. The zero-order valence-corrected chi connectivity index (χ0v) is 8.96. The fraction of sp³-hybridized carbons (Fsp3) is 0.0769. The molecule has 2 aromatic heterocycles. The lowest BCUT2D eigenvalue weighted by molar-refractivity contribution is 0.228. The van der Waals surface area contributed by atoms with E-state index in [1.54, 1.807) is 18.5 Å². The summed E-state index contributed by atoms with van der Waals surface area (Å²) in [7, 11) is 0. The minimum absolute atomic E-state index is 0.284. The maximum atomic E-state index is 5.52. The fourth-order valence-corrected chi connectivity index (χ4v) is 1.55. The molecular weight excluding hydrogens is 216 g/mol. The van der Waals surface area contributed by atoms with Crippen LogP contribution in [0.1, 0.15) is 5.82 Å². The van der Waals surface area contributed by atoms with Crippen LogP contribution >= 0.6 is 0 Å². The van der Waals surface area contributed by atoms with Crippen LogP contribution < -0.4 is 4.74 Å². The van der Waals surface area contributed by atoms with Crippen LogP contribution in [-0.2, 0) is 6.61 Å². The highest BCUT2D eigenvalue weighted by molar-refractivity contribution is 5.85. The fourth-order valence-electron chi connectivity index (χ4n) is 1.55. The van der Waals surface area contributed by atoms with Gasteiger partial charge in [0.2, 0.25) is 0 Å². The maximum Gasteiger partial charge on any atom is 0.293 e. The van der Waals surface area contributed by atoms with E-state index < -0.39 is 0 Å². The molecular formula is C13H9N2O2. The number of aromatic nitrogens is 2. The average Bonchev–Trinajstić information content (AvgIpc) is 2.81. The Bertz CT molecular complexity index is 619. The Hall–Kier alpha value is -2.36.